The summed E-state index contributed by atoms with van der Waals surface area (Å²) in [4.78, 5) is 21.5. The van der Waals surface area contributed by atoms with Gasteiger partial charge in [0.05, 0.1) is 11.8 Å². The van der Waals surface area contributed by atoms with Crippen molar-refractivity contribution in [3.8, 4) is 0 Å². The fourth-order valence-corrected chi connectivity index (χ4v) is 8.01. The van der Waals surface area contributed by atoms with Gasteiger partial charge in [0.2, 0.25) is 0 Å². The molecule has 45 heavy (non-hydrogen) atoms. The predicted octanol–water partition coefficient (Wildman–Crippen LogP) is 9.24. The van der Waals surface area contributed by atoms with Gasteiger partial charge in [-0.25, -0.2) is 0 Å². The summed E-state index contributed by atoms with van der Waals surface area (Å²) < 4.78 is 2.69. The van der Waals surface area contributed by atoms with Crippen molar-refractivity contribution in [2.75, 3.05) is 0 Å². The topological polar surface area (TPSA) is 74.6 Å². The summed E-state index contributed by atoms with van der Waals surface area (Å²) in [6.45, 7) is 12.1. The maximum absolute atomic E-state index is 10.8. The van der Waals surface area contributed by atoms with E-state index in [0.717, 1.165) is 24.0 Å². The van der Waals surface area contributed by atoms with Crippen molar-refractivity contribution < 1.29 is 19.8 Å². The molecule has 0 bridgehead atoms. The van der Waals surface area contributed by atoms with E-state index in [2.05, 4.69) is 88.4 Å². The molecule has 0 aliphatic carbocycles. The van der Waals surface area contributed by atoms with Crippen molar-refractivity contribution >= 4 is 33.1 Å². The number of aliphatic carboxylic acids is 2. The molecule has 0 spiro atoms. The molecule has 2 atom stereocenters. The zero-order valence-corrected chi connectivity index (χ0v) is 30.6. The van der Waals surface area contributed by atoms with Gasteiger partial charge in [0, 0.05) is 0 Å². The van der Waals surface area contributed by atoms with Gasteiger partial charge in [0.15, 0.2) is 0 Å². The first-order valence-corrected chi connectivity index (χ1v) is 19.9. The Morgan fingerprint density at radius 2 is 0.800 bits per heavy atom. The second kappa shape index (κ2) is 20.6. The Kier molecular flexibility index (Phi) is 17.3. The molecule has 2 unspecified atom stereocenters. The van der Waals surface area contributed by atoms with Gasteiger partial charge in [0.1, 0.15) is 0 Å². The van der Waals surface area contributed by atoms with Gasteiger partial charge in [-0.2, -0.15) is 0 Å². The van der Waals surface area contributed by atoms with Crippen LogP contribution >= 0.6 is 0 Å². The van der Waals surface area contributed by atoms with E-state index in [1.807, 2.05) is 48.5 Å². The molecule has 0 aliphatic rings. The monoisotopic (exact) mass is 714 g/mol. The van der Waals surface area contributed by atoms with Gasteiger partial charge in [-0.3, -0.25) is 9.59 Å². The van der Waals surface area contributed by atoms with Gasteiger partial charge in [-0.05, 0) is 60.8 Å². The zero-order chi connectivity index (χ0) is 33.2. The van der Waals surface area contributed by atoms with Crippen LogP contribution in [0.4, 0.5) is 0 Å². The fourth-order valence-electron chi connectivity index (χ4n) is 4.66. The van der Waals surface area contributed by atoms with Crippen LogP contribution in [0.5, 0.6) is 0 Å². The third kappa shape index (κ3) is 15.4. The summed E-state index contributed by atoms with van der Waals surface area (Å²) in [6, 6.07) is 37.4. The Balaban J connectivity index is 0.000000235. The molecule has 4 aromatic carbocycles. The third-order valence-electron chi connectivity index (χ3n) is 7.33. The quantitative estimate of drug-likeness (QED) is 0.144. The molecule has 2 radical (unpaired) electrons. The van der Waals surface area contributed by atoms with Crippen molar-refractivity contribution in [2.45, 2.75) is 75.1 Å². The summed E-state index contributed by atoms with van der Waals surface area (Å²) >= 11 is -0.258. The van der Waals surface area contributed by atoms with Crippen LogP contribution < -0.4 is 0 Å². The van der Waals surface area contributed by atoms with Gasteiger partial charge in [0.25, 0.3) is 0 Å². The number of rotatable bonds is 12. The van der Waals surface area contributed by atoms with E-state index in [0.29, 0.717) is 11.8 Å². The number of hydrogen-bond donors (Lipinski definition) is 2. The van der Waals surface area contributed by atoms with Crippen molar-refractivity contribution in [3.63, 3.8) is 0 Å². The summed E-state index contributed by atoms with van der Waals surface area (Å²) in [5.74, 6) is -1.12. The molecule has 0 heterocycles. The maximum atomic E-state index is 10.8. The zero-order valence-electron chi connectivity index (χ0n) is 27.7. The number of carbonyl (C=O) groups is 2. The molecule has 4 nitrogen and oxygen atoms in total. The van der Waals surface area contributed by atoms with Crippen molar-refractivity contribution in [3.05, 3.63) is 143 Å². The molecule has 0 saturated carbocycles. The molecule has 0 amide bonds. The minimum absolute atomic E-state index is 0.258. The summed E-state index contributed by atoms with van der Waals surface area (Å²) in [5, 5.41) is 17.7. The number of carboxylic acids is 2. The van der Waals surface area contributed by atoms with Gasteiger partial charge in [-0.1, -0.05) is 76.2 Å². The Morgan fingerprint density at radius 1 is 0.489 bits per heavy atom. The van der Waals surface area contributed by atoms with Crippen LogP contribution in [0.25, 0.3) is 0 Å². The van der Waals surface area contributed by atoms with E-state index in [1.165, 1.54) is 31.1 Å². The molecule has 2 N–H and O–H groups in total. The first-order valence-electron chi connectivity index (χ1n) is 15.9. The fraction of sp³-hybridized carbons (Fsp3) is 0.350. The van der Waals surface area contributed by atoms with Crippen LogP contribution in [0.3, 0.4) is 0 Å². The van der Waals surface area contributed by atoms with Crippen molar-refractivity contribution in [1.29, 1.82) is 0 Å². The standard InChI is InChI=1S/2C13H18O2.2C7H7.Sn/c2*1-9(2)8-11-4-6-12(7-5-11)10(3)13(14)15;2*1-7-5-3-2-4-6-7;/h2*4-7,9-10H,8H2,1-3H3,(H,14,15);2*2-6H,1H2;. The molecule has 238 valence electrons. The van der Waals surface area contributed by atoms with Gasteiger partial charge < -0.3 is 10.2 Å². The summed E-state index contributed by atoms with van der Waals surface area (Å²) in [7, 11) is 0. The van der Waals surface area contributed by atoms with Crippen LogP contribution in [0.2, 0.25) is 0 Å². The second-order valence-corrected chi connectivity index (χ2v) is 15.8. The van der Waals surface area contributed by atoms with Gasteiger partial charge >= 0.3 is 114 Å². The Bertz CT molecular complexity index is 1270. The summed E-state index contributed by atoms with van der Waals surface area (Å²) in [6.07, 6.45) is 2.09. The molecule has 4 aromatic rings. The molecule has 0 aliphatic heterocycles. The van der Waals surface area contributed by atoms with E-state index in [1.54, 1.807) is 13.8 Å². The van der Waals surface area contributed by atoms with Gasteiger partial charge in [-0.15, -0.1) is 0 Å². The minimum atomic E-state index is -0.772. The van der Waals surface area contributed by atoms with Crippen LogP contribution in [0.1, 0.15) is 86.8 Å². The van der Waals surface area contributed by atoms with E-state index in [9.17, 15) is 9.59 Å². The van der Waals surface area contributed by atoms with Crippen LogP contribution in [-0.2, 0) is 31.3 Å². The molecule has 0 aromatic heterocycles. The third-order valence-corrected chi connectivity index (χ3v) is 11.1. The molecule has 0 saturated heterocycles. The number of carboxylic acid groups (broad SMARTS) is 2. The SMILES string of the molecule is CC(C)Cc1ccc(C(C)C(=O)O)cc1.CC(C)Cc1ccc(C(C)C(=O)O)cc1.c1ccc([CH2][Sn][CH2]c2ccccc2)cc1. The second-order valence-electron chi connectivity index (χ2n) is 12.4. The molecule has 5 heteroatoms. The number of hydrogen-bond acceptors (Lipinski definition) is 2. The number of benzene rings is 4. The summed E-state index contributed by atoms with van der Waals surface area (Å²) in [5.41, 5.74) is 7.31. The molecular weight excluding hydrogens is 663 g/mol. The Labute approximate surface area is 281 Å². The van der Waals surface area contributed by atoms with Crippen LogP contribution in [0.15, 0.2) is 109 Å². The van der Waals surface area contributed by atoms with E-state index < -0.39 is 23.8 Å². The van der Waals surface area contributed by atoms with Crippen LogP contribution in [0, 0.1) is 11.8 Å². The van der Waals surface area contributed by atoms with Crippen molar-refractivity contribution in [1.82, 2.24) is 0 Å². The average Bonchev–Trinajstić information content (AvgIpc) is 3.02. The normalized spacial score (nSPS) is 11.9. The molecule has 0 fully saturated rings. The first kappa shape index (κ1) is 37.8. The van der Waals surface area contributed by atoms with E-state index >= 15 is 0 Å². The molecular formula is C40H50O4Sn. The first-order chi connectivity index (χ1) is 21.5. The van der Waals surface area contributed by atoms with Crippen molar-refractivity contribution in [2.24, 2.45) is 11.8 Å². The molecule has 4 rings (SSSR count). The Morgan fingerprint density at radius 3 is 1.07 bits per heavy atom. The van der Waals surface area contributed by atoms with E-state index in [-0.39, 0.29) is 21.1 Å². The predicted molar refractivity (Wildman–Crippen MR) is 188 cm³/mol. The van der Waals surface area contributed by atoms with Crippen LogP contribution in [-0.4, -0.2) is 43.3 Å². The van der Waals surface area contributed by atoms with E-state index in [4.69, 9.17) is 10.2 Å². The Hall–Kier alpha value is -3.38. The average molecular weight is 714 g/mol.